The van der Waals surface area contributed by atoms with Crippen LogP contribution in [0.3, 0.4) is 0 Å². The Kier molecular flexibility index (Phi) is 5.30. The molecule has 1 fully saturated rings. The van der Waals surface area contributed by atoms with Gasteiger partial charge in [-0.15, -0.1) is 0 Å². The Labute approximate surface area is 170 Å². The molecule has 1 N–H and O–H groups in total. The van der Waals surface area contributed by atoms with Crippen LogP contribution in [-0.2, 0) is 14.4 Å². The van der Waals surface area contributed by atoms with Crippen LogP contribution in [0, 0.1) is 11.8 Å². The second-order valence-electron chi connectivity index (χ2n) is 7.64. The molecule has 0 radical (unpaired) electrons. The van der Waals surface area contributed by atoms with Crippen molar-refractivity contribution in [2.75, 3.05) is 0 Å². The van der Waals surface area contributed by atoms with Gasteiger partial charge < -0.3 is 5.32 Å². The van der Waals surface area contributed by atoms with Gasteiger partial charge >= 0.3 is 0 Å². The quantitative estimate of drug-likeness (QED) is 0.632. The first-order valence-electron chi connectivity index (χ1n) is 10.00. The normalized spacial score (nSPS) is 21.9. The third-order valence-electron chi connectivity index (χ3n) is 5.86. The number of carbonyl (C=O) groups is 3. The SMILES string of the molecule is CC(C(=O)NC(c1ccccc1)c1ccccc1)N1C(=O)C2CC=CCC2C1=O. The van der Waals surface area contributed by atoms with Gasteiger partial charge in [-0.25, -0.2) is 0 Å². The molecule has 2 aromatic carbocycles. The Morgan fingerprint density at radius 1 is 0.862 bits per heavy atom. The van der Waals surface area contributed by atoms with Crippen molar-refractivity contribution in [3.05, 3.63) is 83.9 Å². The van der Waals surface area contributed by atoms with Crippen LogP contribution in [0.15, 0.2) is 72.8 Å². The zero-order valence-electron chi connectivity index (χ0n) is 16.3. The minimum Gasteiger partial charge on any atom is -0.343 e. The fourth-order valence-corrected chi connectivity index (χ4v) is 4.24. The molecule has 1 aliphatic carbocycles. The van der Waals surface area contributed by atoms with E-state index in [1.807, 2.05) is 72.8 Å². The lowest BCUT2D eigenvalue weighted by atomic mass is 9.85. The van der Waals surface area contributed by atoms with Gasteiger partial charge in [0.1, 0.15) is 6.04 Å². The zero-order chi connectivity index (χ0) is 20.4. The molecule has 0 aromatic heterocycles. The lowest BCUT2D eigenvalue weighted by molar-refractivity contribution is -0.147. The molecule has 3 amide bonds. The first-order valence-corrected chi connectivity index (χ1v) is 10.00. The number of nitrogens with one attached hydrogen (secondary N) is 1. The number of likely N-dealkylation sites (tertiary alicyclic amines) is 1. The van der Waals surface area contributed by atoms with Crippen molar-refractivity contribution in [2.45, 2.75) is 31.8 Å². The molecule has 29 heavy (non-hydrogen) atoms. The van der Waals surface area contributed by atoms with Crippen LogP contribution in [0.2, 0.25) is 0 Å². The fourth-order valence-electron chi connectivity index (χ4n) is 4.24. The van der Waals surface area contributed by atoms with Gasteiger partial charge in [0, 0.05) is 0 Å². The molecular weight excluding hydrogens is 364 g/mol. The molecule has 2 aromatic rings. The van der Waals surface area contributed by atoms with E-state index in [0.29, 0.717) is 12.8 Å². The highest BCUT2D eigenvalue weighted by atomic mass is 16.2. The van der Waals surface area contributed by atoms with Gasteiger partial charge in [0.25, 0.3) is 0 Å². The van der Waals surface area contributed by atoms with Crippen LogP contribution in [0.4, 0.5) is 0 Å². The maximum Gasteiger partial charge on any atom is 0.243 e. The molecule has 4 rings (SSSR count). The second kappa shape index (κ2) is 8.03. The fraction of sp³-hybridized carbons (Fsp3) is 0.292. The summed E-state index contributed by atoms with van der Waals surface area (Å²) in [5.74, 6) is -1.47. The molecule has 148 valence electrons. The van der Waals surface area contributed by atoms with Gasteiger partial charge in [-0.2, -0.15) is 0 Å². The number of carbonyl (C=O) groups excluding carboxylic acids is 3. The topological polar surface area (TPSA) is 66.5 Å². The van der Waals surface area contributed by atoms with E-state index in [-0.39, 0.29) is 35.6 Å². The number of hydrogen-bond acceptors (Lipinski definition) is 3. The van der Waals surface area contributed by atoms with Crippen LogP contribution < -0.4 is 5.32 Å². The van der Waals surface area contributed by atoms with Crippen molar-refractivity contribution in [2.24, 2.45) is 11.8 Å². The van der Waals surface area contributed by atoms with Crippen LogP contribution in [0.1, 0.15) is 36.9 Å². The average molecular weight is 388 g/mol. The summed E-state index contributed by atoms with van der Waals surface area (Å²) in [5, 5.41) is 3.05. The Morgan fingerprint density at radius 3 is 1.76 bits per heavy atom. The summed E-state index contributed by atoms with van der Waals surface area (Å²) in [6.07, 6.45) is 5.02. The van der Waals surface area contributed by atoms with E-state index in [0.717, 1.165) is 11.1 Å². The third kappa shape index (κ3) is 3.60. The minimum atomic E-state index is -0.851. The van der Waals surface area contributed by atoms with Crippen LogP contribution in [0.5, 0.6) is 0 Å². The van der Waals surface area contributed by atoms with E-state index in [9.17, 15) is 14.4 Å². The lowest BCUT2D eigenvalue weighted by Crippen LogP contribution is -2.49. The smallest absolute Gasteiger partial charge is 0.243 e. The molecule has 5 nitrogen and oxygen atoms in total. The Balaban J connectivity index is 1.56. The lowest BCUT2D eigenvalue weighted by Gasteiger charge is -2.26. The van der Waals surface area contributed by atoms with E-state index in [1.54, 1.807) is 6.92 Å². The van der Waals surface area contributed by atoms with Gasteiger partial charge in [-0.05, 0) is 30.9 Å². The van der Waals surface area contributed by atoms with Crippen molar-refractivity contribution in [3.8, 4) is 0 Å². The van der Waals surface area contributed by atoms with Crippen LogP contribution >= 0.6 is 0 Å². The molecule has 5 heteroatoms. The summed E-state index contributed by atoms with van der Waals surface area (Å²) in [7, 11) is 0. The summed E-state index contributed by atoms with van der Waals surface area (Å²) >= 11 is 0. The molecule has 2 aliphatic rings. The van der Waals surface area contributed by atoms with Gasteiger partial charge in [-0.1, -0.05) is 72.8 Å². The highest BCUT2D eigenvalue weighted by Crippen LogP contribution is 2.36. The number of fused-ring (bicyclic) bond motifs is 1. The highest BCUT2D eigenvalue weighted by molar-refractivity contribution is 6.08. The molecule has 0 spiro atoms. The molecule has 1 heterocycles. The van der Waals surface area contributed by atoms with E-state index in [2.05, 4.69) is 5.32 Å². The predicted molar refractivity (Wildman–Crippen MR) is 110 cm³/mol. The molecular formula is C24H24N2O3. The molecule has 3 unspecified atom stereocenters. The number of benzene rings is 2. The van der Waals surface area contributed by atoms with E-state index in [4.69, 9.17) is 0 Å². The summed E-state index contributed by atoms with van der Waals surface area (Å²) < 4.78 is 0. The maximum atomic E-state index is 13.1. The Hall–Kier alpha value is -3.21. The predicted octanol–water partition coefficient (Wildman–Crippen LogP) is 3.23. The average Bonchev–Trinajstić information content (AvgIpc) is 3.03. The van der Waals surface area contributed by atoms with Gasteiger partial charge in [0.15, 0.2) is 0 Å². The van der Waals surface area contributed by atoms with E-state index in [1.165, 1.54) is 4.90 Å². The second-order valence-corrected chi connectivity index (χ2v) is 7.64. The molecule has 0 bridgehead atoms. The van der Waals surface area contributed by atoms with Crippen molar-refractivity contribution in [1.29, 1.82) is 0 Å². The maximum absolute atomic E-state index is 13.1. The summed E-state index contributed by atoms with van der Waals surface area (Å²) in [4.78, 5) is 39.9. The number of nitrogens with zero attached hydrogens (tertiary/aromatic N) is 1. The van der Waals surface area contributed by atoms with Crippen LogP contribution in [0.25, 0.3) is 0 Å². The number of rotatable bonds is 5. The minimum absolute atomic E-state index is 0.233. The van der Waals surface area contributed by atoms with Gasteiger partial charge in [-0.3, -0.25) is 19.3 Å². The highest BCUT2D eigenvalue weighted by Gasteiger charge is 2.50. The largest absolute Gasteiger partial charge is 0.343 e. The van der Waals surface area contributed by atoms with Crippen molar-refractivity contribution in [3.63, 3.8) is 0 Å². The van der Waals surface area contributed by atoms with Crippen LogP contribution in [-0.4, -0.2) is 28.7 Å². The first kappa shape index (κ1) is 19.1. The summed E-state index contributed by atoms with van der Waals surface area (Å²) in [6, 6.07) is 18.1. The molecule has 1 saturated heterocycles. The monoisotopic (exact) mass is 388 g/mol. The number of allylic oxidation sites excluding steroid dienone is 2. The van der Waals surface area contributed by atoms with Gasteiger partial charge in [0.2, 0.25) is 17.7 Å². The van der Waals surface area contributed by atoms with E-state index >= 15 is 0 Å². The Morgan fingerprint density at radius 2 is 1.31 bits per heavy atom. The summed E-state index contributed by atoms with van der Waals surface area (Å²) in [5.41, 5.74) is 1.88. The number of amides is 3. The Bertz CT molecular complexity index is 874. The van der Waals surface area contributed by atoms with Crippen molar-refractivity contribution in [1.82, 2.24) is 10.2 Å². The van der Waals surface area contributed by atoms with E-state index < -0.39 is 6.04 Å². The summed E-state index contributed by atoms with van der Waals surface area (Å²) in [6.45, 7) is 1.63. The first-order chi connectivity index (χ1) is 14.1. The molecule has 0 saturated carbocycles. The standard InChI is InChI=1S/C24H24N2O3/c1-16(26-23(28)19-14-8-9-15-20(19)24(26)29)22(27)25-21(17-10-4-2-5-11-17)18-12-6-3-7-13-18/h2-13,16,19-21H,14-15H2,1H3,(H,25,27). The molecule has 1 aliphatic heterocycles. The number of hydrogen-bond donors (Lipinski definition) is 1. The molecule has 3 atom stereocenters. The number of imide groups is 1. The zero-order valence-corrected chi connectivity index (χ0v) is 16.3. The van der Waals surface area contributed by atoms with Crippen molar-refractivity contribution >= 4 is 17.7 Å². The van der Waals surface area contributed by atoms with Crippen molar-refractivity contribution < 1.29 is 14.4 Å². The third-order valence-corrected chi connectivity index (χ3v) is 5.86. The van der Waals surface area contributed by atoms with Gasteiger partial charge in [0.05, 0.1) is 17.9 Å².